The van der Waals surface area contributed by atoms with Crippen molar-refractivity contribution in [2.45, 2.75) is 27.2 Å². The molecule has 0 saturated carbocycles. The van der Waals surface area contributed by atoms with E-state index in [-0.39, 0.29) is 0 Å². The summed E-state index contributed by atoms with van der Waals surface area (Å²) in [5, 5.41) is 0. The Labute approximate surface area is 92.8 Å². The molecule has 81 valence electrons. The van der Waals surface area contributed by atoms with Gasteiger partial charge in [0, 0.05) is 5.92 Å². The smallest absolute Gasteiger partial charge is 0.122 e. The summed E-state index contributed by atoms with van der Waals surface area (Å²) in [5.41, 5.74) is 2.45. The number of rotatable bonds is 5. The van der Waals surface area contributed by atoms with Crippen molar-refractivity contribution in [1.82, 2.24) is 0 Å². The molecule has 0 amide bonds. The quantitative estimate of drug-likeness (QED) is 0.707. The zero-order valence-electron chi connectivity index (χ0n) is 9.84. The lowest BCUT2D eigenvalue weighted by molar-refractivity contribution is 0.336. The number of allylic oxidation sites excluding steroid dienone is 1. The Balaban J connectivity index is 3.03. The fourth-order valence-corrected chi connectivity index (χ4v) is 1.50. The molecule has 0 fully saturated rings. The molecule has 0 saturated heterocycles. The summed E-state index contributed by atoms with van der Waals surface area (Å²) in [6.45, 7) is 10.7. The van der Waals surface area contributed by atoms with Gasteiger partial charge in [-0.05, 0) is 30.5 Å². The van der Waals surface area contributed by atoms with E-state index in [0.29, 0.717) is 6.61 Å². The van der Waals surface area contributed by atoms with Crippen LogP contribution in [0.5, 0.6) is 5.75 Å². The topological polar surface area (TPSA) is 9.23 Å². The Hall–Kier alpha value is -1.24. The molecule has 0 spiro atoms. The number of benzene rings is 1. The second kappa shape index (κ2) is 5.59. The molecular weight excluding hydrogens is 184 g/mol. The van der Waals surface area contributed by atoms with Crippen LogP contribution in [0.3, 0.4) is 0 Å². The molecule has 0 aliphatic carbocycles. The second-order valence-electron chi connectivity index (χ2n) is 3.50. The van der Waals surface area contributed by atoms with E-state index in [4.69, 9.17) is 4.74 Å². The van der Waals surface area contributed by atoms with Crippen LogP contribution in [0, 0.1) is 5.92 Å². The first-order valence-corrected chi connectivity index (χ1v) is 5.45. The van der Waals surface area contributed by atoms with Crippen LogP contribution in [0.15, 0.2) is 30.9 Å². The average Bonchev–Trinajstić information content (AvgIpc) is 2.28. The normalized spacial score (nSPS) is 10.4. The zero-order valence-corrected chi connectivity index (χ0v) is 9.84. The Morgan fingerprint density at radius 2 is 2.13 bits per heavy atom. The molecule has 1 radical (unpaired) electrons. The van der Waals surface area contributed by atoms with Crippen molar-refractivity contribution in [3.05, 3.63) is 47.9 Å². The molecule has 1 nitrogen and oxygen atoms in total. The molecule has 1 rings (SSSR count). The monoisotopic (exact) mass is 203 g/mol. The number of aryl methyl sites for hydroxylation is 1. The van der Waals surface area contributed by atoms with Gasteiger partial charge in [0.15, 0.2) is 0 Å². The van der Waals surface area contributed by atoms with Crippen LogP contribution in [0.1, 0.15) is 31.9 Å². The van der Waals surface area contributed by atoms with Gasteiger partial charge < -0.3 is 4.74 Å². The van der Waals surface area contributed by atoms with Gasteiger partial charge in [0.25, 0.3) is 0 Å². The molecule has 0 heterocycles. The van der Waals surface area contributed by atoms with E-state index in [1.165, 1.54) is 17.0 Å². The van der Waals surface area contributed by atoms with Crippen LogP contribution in [-0.2, 0) is 6.42 Å². The molecule has 0 unspecified atom stereocenters. The van der Waals surface area contributed by atoms with Crippen LogP contribution >= 0.6 is 0 Å². The van der Waals surface area contributed by atoms with E-state index in [9.17, 15) is 0 Å². The number of hydrogen-bond donors (Lipinski definition) is 0. The summed E-state index contributed by atoms with van der Waals surface area (Å²) in [6.07, 6.45) is 2.87. The van der Waals surface area contributed by atoms with Crippen molar-refractivity contribution in [1.29, 1.82) is 0 Å². The van der Waals surface area contributed by atoms with Crippen molar-refractivity contribution in [2.75, 3.05) is 6.61 Å². The fourth-order valence-electron chi connectivity index (χ4n) is 1.50. The second-order valence-corrected chi connectivity index (χ2v) is 3.50. The molecule has 0 N–H and O–H groups in total. The van der Waals surface area contributed by atoms with Crippen LogP contribution < -0.4 is 4.74 Å². The first kappa shape index (κ1) is 11.8. The lowest BCUT2D eigenvalue weighted by atomic mass is 9.98. The van der Waals surface area contributed by atoms with Gasteiger partial charge in [0.1, 0.15) is 5.75 Å². The summed E-state index contributed by atoms with van der Waals surface area (Å²) in [5.74, 6) is 2.18. The highest BCUT2D eigenvalue weighted by molar-refractivity contribution is 5.44. The maximum Gasteiger partial charge on any atom is 0.122 e. The maximum absolute atomic E-state index is 5.62. The highest BCUT2D eigenvalue weighted by atomic mass is 16.5. The van der Waals surface area contributed by atoms with E-state index in [1.54, 1.807) is 0 Å². The molecule has 0 aromatic heterocycles. The van der Waals surface area contributed by atoms with Gasteiger partial charge in [0.2, 0.25) is 0 Å². The minimum absolute atomic E-state index is 0.712. The van der Waals surface area contributed by atoms with Crippen molar-refractivity contribution in [3.8, 4) is 5.75 Å². The van der Waals surface area contributed by atoms with Gasteiger partial charge in [-0.1, -0.05) is 32.1 Å². The van der Waals surface area contributed by atoms with Gasteiger partial charge in [-0.2, -0.15) is 0 Å². The highest BCUT2D eigenvalue weighted by Crippen LogP contribution is 2.25. The van der Waals surface area contributed by atoms with Gasteiger partial charge >= 0.3 is 0 Å². The van der Waals surface area contributed by atoms with Gasteiger partial charge in [0.05, 0.1) is 6.61 Å². The summed E-state index contributed by atoms with van der Waals surface area (Å²) in [4.78, 5) is 0. The summed E-state index contributed by atoms with van der Waals surface area (Å²) < 4.78 is 5.62. The third kappa shape index (κ3) is 2.85. The summed E-state index contributed by atoms with van der Waals surface area (Å²) in [7, 11) is 0. The van der Waals surface area contributed by atoms with Crippen molar-refractivity contribution >= 4 is 0 Å². The molecule has 0 aliphatic heterocycles. The Morgan fingerprint density at radius 1 is 1.40 bits per heavy atom. The minimum Gasteiger partial charge on any atom is -0.494 e. The van der Waals surface area contributed by atoms with Crippen LogP contribution in [0.25, 0.3) is 0 Å². The lowest BCUT2D eigenvalue weighted by Gasteiger charge is -2.12. The van der Waals surface area contributed by atoms with Crippen LogP contribution in [0.4, 0.5) is 0 Å². The highest BCUT2D eigenvalue weighted by Gasteiger charge is 2.06. The van der Waals surface area contributed by atoms with E-state index >= 15 is 0 Å². The third-order valence-electron chi connectivity index (χ3n) is 2.51. The average molecular weight is 203 g/mol. The van der Waals surface area contributed by atoms with Crippen molar-refractivity contribution in [3.63, 3.8) is 0 Å². The lowest BCUT2D eigenvalue weighted by Crippen LogP contribution is -1.98. The fraction of sp³-hybridized carbons (Fsp3) is 0.357. The minimum atomic E-state index is 0.712. The van der Waals surface area contributed by atoms with Gasteiger partial charge in [-0.3, -0.25) is 0 Å². The Morgan fingerprint density at radius 3 is 2.67 bits per heavy atom. The molecule has 0 atom stereocenters. The predicted molar refractivity (Wildman–Crippen MR) is 65.2 cm³/mol. The third-order valence-corrected chi connectivity index (χ3v) is 2.51. The Bertz CT molecular complexity index is 328. The number of hydrogen-bond acceptors (Lipinski definition) is 1. The molecule has 15 heavy (non-hydrogen) atoms. The SMILES string of the molecule is C=C[C](C)c1ccc(CC)c(OCC)c1. The standard InChI is InChI=1S/C14H19O/c1-5-11(4)13-9-8-12(6-2)14(10-13)15-7-3/h5,8-10H,1,6-7H2,2-4H3. The summed E-state index contributed by atoms with van der Waals surface area (Å²) in [6, 6.07) is 6.35. The van der Waals surface area contributed by atoms with Crippen LogP contribution in [-0.4, -0.2) is 6.61 Å². The van der Waals surface area contributed by atoms with Gasteiger partial charge in [-0.25, -0.2) is 0 Å². The molecule has 1 heteroatoms. The Kier molecular flexibility index (Phi) is 4.41. The molecule has 1 aromatic carbocycles. The predicted octanol–water partition coefficient (Wildman–Crippen LogP) is 3.78. The van der Waals surface area contributed by atoms with Gasteiger partial charge in [-0.15, -0.1) is 6.58 Å². The van der Waals surface area contributed by atoms with Crippen molar-refractivity contribution in [2.24, 2.45) is 0 Å². The van der Waals surface area contributed by atoms with Crippen LogP contribution in [0.2, 0.25) is 0 Å². The number of ether oxygens (including phenoxy) is 1. The first-order chi connectivity index (χ1) is 7.22. The summed E-state index contributed by atoms with van der Waals surface area (Å²) >= 11 is 0. The first-order valence-electron chi connectivity index (χ1n) is 5.45. The maximum atomic E-state index is 5.62. The zero-order chi connectivity index (χ0) is 11.3. The van der Waals surface area contributed by atoms with E-state index < -0.39 is 0 Å². The molecular formula is C14H19O. The molecule has 0 bridgehead atoms. The molecule has 1 aromatic rings. The molecule has 0 aliphatic rings. The van der Waals surface area contributed by atoms with E-state index in [2.05, 4.69) is 38.6 Å². The van der Waals surface area contributed by atoms with E-state index in [0.717, 1.165) is 12.2 Å². The largest absolute Gasteiger partial charge is 0.494 e. The van der Waals surface area contributed by atoms with Crippen molar-refractivity contribution < 1.29 is 4.74 Å². The van der Waals surface area contributed by atoms with E-state index in [1.807, 2.05) is 13.0 Å².